The highest BCUT2D eigenvalue weighted by Gasteiger charge is 2.02. The molecule has 0 aliphatic heterocycles. The highest BCUT2D eigenvalue weighted by molar-refractivity contribution is 7.13. The Morgan fingerprint density at radius 1 is 1.23 bits per heavy atom. The Labute approximate surface area is 81.3 Å². The van der Waals surface area contributed by atoms with Crippen LogP contribution in [0.3, 0.4) is 0 Å². The van der Waals surface area contributed by atoms with Gasteiger partial charge in [0.2, 0.25) is 0 Å². The van der Waals surface area contributed by atoms with Crippen LogP contribution < -0.4 is 0 Å². The van der Waals surface area contributed by atoms with Crippen molar-refractivity contribution in [3.63, 3.8) is 0 Å². The van der Waals surface area contributed by atoms with Gasteiger partial charge in [-0.2, -0.15) is 0 Å². The van der Waals surface area contributed by atoms with E-state index in [0.717, 1.165) is 16.4 Å². The molecule has 2 heterocycles. The molecule has 0 bridgehead atoms. The summed E-state index contributed by atoms with van der Waals surface area (Å²) in [4.78, 5) is 8.68. The minimum atomic E-state index is 0.970. The lowest BCUT2D eigenvalue weighted by Crippen LogP contribution is -1.89. The summed E-state index contributed by atoms with van der Waals surface area (Å²) in [6, 6.07) is 4.10. The number of nitrogens with zero attached hydrogens (tertiary/aromatic N) is 2. The van der Waals surface area contributed by atoms with Crippen LogP contribution in [0.25, 0.3) is 10.7 Å². The Morgan fingerprint density at radius 3 is 2.69 bits per heavy atom. The van der Waals surface area contributed by atoms with Crippen molar-refractivity contribution in [1.82, 2.24) is 9.97 Å². The fourth-order valence-corrected chi connectivity index (χ4v) is 1.71. The van der Waals surface area contributed by atoms with Crippen LogP contribution in [0.4, 0.5) is 0 Å². The number of hydrogen-bond acceptors (Lipinski definition) is 3. The van der Waals surface area contributed by atoms with E-state index in [-0.39, 0.29) is 0 Å². The van der Waals surface area contributed by atoms with Gasteiger partial charge in [-0.05, 0) is 25.5 Å². The van der Waals surface area contributed by atoms with Gasteiger partial charge in [-0.25, -0.2) is 4.98 Å². The van der Waals surface area contributed by atoms with E-state index in [9.17, 15) is 0 Å². The number of pyridine rings is 1. The Balaban J connectivity index is 2.49. The Morgan fingerprint density at radius 2 is 2.08 bits per heavy atom. The van der Waals surface area contributed by atoms with E-state index in [1.807, 2.05) is 18.4 Å². The maximum Gasteiger partial charge on any atom is 0.141 e. The molecule has 2 aromatic rings. The number of rotatable bonds is 1. The highest BCUT2D eigenvalue weighted by atomic mass is 32.1. The average molecular weight is 190 g/mol. The van der Waals surface area contributed by atoms with Crippen LogP contribution in [-0.4, -0.2) is 9.97 Å². The normalized spacial score (nSPS) is 10.3. The van der Waals surface area contributed by atoms with Gasteiger partial charge in [-0.3, -0.25) is 4.98 Å². The second-order valence-corrected chi connectivity index (χ2v) is 3.83. The molecule has 0 saturated carbocycles. The lowest BCUT2D eigenvalue weighted by molar-refractivity contribution is 1.15. The predicted molar refractivity (Wildman–Crippen MR) is 54.8 cm³/mol. The summed E-state index contributed by atoms with van der Waals surface area (Å²) in [7, 11) is 0. The summed E-state index contributed by atoms with van der Waals surface area (Å²) in [6.07, 6.45) is 1.80. The monoisotopic (exact) mass is 190 g/mol. The lowest BCUT2D eigenvalue weighted by atomic mass is 10.2. The summed E-state index contributed by atoms with van der Waals surface area (Å²) < 4.78 is 0. The molecular formula is C10H10N2S. The van der Waals surface area contributed by atoms with E-state index in [2.05, 4.69) is 23.0 Å². The van der Waals surface area contributed by atoms with Gasteiger partial charge in [0.15, 0.2) is 0 Å². The standard InChI is InChI=1S/C10H10N2S/c1-7-3-4-9(12-8(7)2)10-11-5-6-13-10/h3-6H,1-2H3. The maximum absolute atomic E-state index is 4.46. The molecule has 2 aromatic heterocycles. The quantitative estimate of drug-likeness (QED) is 0.691. The first-order valence-electron chi connectivity index (χ1n) is 4.11. The van der Waals surface area contributed by atoms with Gasteiger partial charge in [0.05, 0.1) is 5.69 Å². The summed E-state index contributed by atoms with van der Waals surface area (Å²) in [5.74, 6) is 0. The molecule has 0 aliphatic carbocycles. The molecule has 0 spiro atoms. The molecule has 2 nitrogen and oxygen atoms in total. The first kappa shape index (κ1) is 8.38. The van der Waals surface area contributed by atoms with Crippen LogP contribution in [0.5, 0.6) is 0 Å². The molecule has 0 saturated heterocycles. The van der Waals surface area contributed by atoms with Gasteiger partial charge in [-0.1, -0.05) is 6.07 Å². The topological polar surface area (TPSA) is 25.8 Å². The van der Waals surface area contributed by atoms with Gasteiger partial charge in [0, 0.05) is 17.3 Å². The van der Waals surface area contributed by atoms with Crippen molar-refractivity contribution in [2.24, 2.45) is 0 Å². The van der Waals surface area contributed by atoms with Crippen LogP contribution in [0, 0.1) is 13.8 Å². The second-order valence-electron chi connectivity index (χ2n) is 2.94. The minimum Gasteiger partial charge on any atom is -0.250 e. The van der Waals surface area contributed by atoms with Crippen LogP contribution >= 0.6 is 11.3 Å². The molecule has 0 fully saturated rings. The minimum absolute atomic E-state index is 0.970. The van der Waals surface area contributed by atoms with Gasteiger partial charge in [0.1, 0.15) is 5.01 Å². The summed E-state index contributed by atoms with van der Waals surface area (Å²) in [5, 5.41) is 2.95. The van der Waals surface area contributed by atoms with E-state index in [4.69, 9.17) is 0 Å². The van der Waals surface area contributed by atoms with Crippen molar-refractivity contribution in [3.05, 3.63) is 35.0 Å². The molecule has 0 radical (unpaired) electrons. The lowest BCUT2D eigenvalue weighted by Gasteiger charge is -2.00. The van der Waals surface area contributed by atoms with Crippen molar-refractivity contribution in [2.75, 3.05) is 0 Å². The molecule has 0 atom stereocenters. The molecule has 13 heavy (non-hydrogen) atoms. The van der Waals surface area contributed by atoms with Gasteiger partial charge in [0.25, 0.3) is 0 Å². The maximum atomic E-state index is 4.46. The smallest absolute Gasteiger partial charge is 0.141 e. The van der Waals surface area contributed by atoms with Gasteiger partial charge >= 0.3 is 0 Å². The third-order valence-corrected chi connectivity index (χ3v) is 2.80. The predicted octanol–water partition coefficient (Wildman–Crippen LogP) is 2.82. The van der Waals surface area contributed by atoms with Crippen LogP contribution in [0.2, 0.25) is 0 Å². The molecule has 3 heteroatoms. The average Bonchev–Trinajstić information content (AvgIpc) is 2.62. The van der Waals surface area contributed by atoms with E-state index >= 15 is 0 Å². The molecule has 2 rings (SSSR count). The largest absolute Gasteiger partial charge is 0.250 e. The molecule has 0 aromatic carbocycles. The number of aromatic nitrogens is 2. The Hall–Kier alpha value is -1.22. The number of aryl methyl sites for hydroxylation is 2. The molecule has 0 amide bonds. The zero-order valence-electron chi connectivity index (χ0n) is 7.61. The molecule has 0 unspecified atom stereocenters. The first-order chi connectivity index (χ1) is 6.27. The Kier molecular flexibility index (Phi) is 2.10. The second kappa shape index (κ2) is 3.26. The fourth-order valence-electron chi connectivity index (χ4n) is 1.10. The number of hydrogen-bond donors (Lipinski definition) is 0. The summed E-state index contributed by atoms with van der Waals surface area (Å²) in [6.45, 7) is 4.08. The van der Waals surface area contributed by atoms with Crippen molar-refractivity contribution >= 4 is 11.3 Å². The van der Waals surface area contributed by atoms with E-state index in [1.165, 1.54) is 5.56 Å². The van der Waals surface area contributed by atoms with Crippen LogP contribution in [0.1, 0.15) is 11.3 Å². The van der Waals surface area contributed by atoms with Crippen molar-refractivity contribution in [2.45, 2.75) is 13.8 Å². The molecule has 0 aliphatic rings. The summed E-state index contributed by atoms with van der Waals surface area (Å²) in [5.41, 5.74) is 3.27. The Bertz CT molecular complexity index is 407. The van der Waals surface area contributed by atoms with E-state index < -0.39 is 0 Å². The van der Waals surface area contributed by atoms with Crippen LogP contribution in [0.15, 0.2) is 23.7 Å². The third-order valence-electron chi connectivity index (χ3n) is 2.00. The molecule has 66 valence electrons. The van der Waals surface area contributed by atoms with Crippen molar-refractivity contribution < 1.29 is 0 Å². The fraction of sp³-hybridized carbons (Fsp3) is 0.200. The van der Waals surface area contributed by atoms with E-state index in [0.29, 0.717) is 0 Å². The highest BCUT2D eigenvalue weighted by Crippen LogP contribution is 2.20. The van der Waals surface area contributed by atoms with Crippen molar-refractivity contribution in [1.29, 1.82) is 0 Å². The van der Waals surface area contributed by atoms with Crippen LogP contribution in [-0.2, 0) is 0 Å². The summed E-state index contributed by atoms with van der Waals surface area (Å²) >= 11 is 1.62. The zero-order chi connectivity index (χ0) is 9.26. The SMILES string of the molecule is Cc1ccc(-c2nccs2)nc1C. The van der Waals surface area contributed by atoms with Gasteiger partial charge < -0.3 is 0 Å². The van der Waals surface area contributed by atoms with Crippen molar-refractivity contribution in [3.8, 4) is 10.7 Å². The number of thiazole rings is 1. The molecule has 0 N–H and O–H groups in total. The van der Waals surface area contributed by atoms with E-state index in [1.54, 1.807) is 17.5 Å². The first-order valence-corrected chi connectivity index (χ1v) is 4.99. The zero-order valence-corrected chi connectivity index (χ0v) is 8.43. The third kappa shape index (κ3) is 1.60. The molecular weight excluding hydrogens is 180 g/mol. The van der Waals surface area contributed by atoms with Gasteiger partial charge in [-0.15, -0.1) is 11.3 Å².